The Morgan fingerprint density at radius 1 is 1.21 bits per heavy atom. The summed E-state index contributed by atoms with van der Waals surface area (Å²) in [5, 5.41) is 10.7. The number of ether oxygens (including phenoxy) is 1. The highest BCUT2D eigenvalue weighted by Crippen LogP contribution is 2.41. The molecule has 106 valence electrons. The molecule has 1 saturated carbocycles. The first-order valence-corrected chi connectivity index (χ1v) is 7.08. The van der Waals surface area contributed by atoms with E-state index in [0.717, 1.165) is 31.2 Å². The van der Waals surface area contributed by atoms with Gasteiger partial charge in [-0.3, -0.25) is 0 Å². The molecule has 1 N–H and O–H groups in total. The van der Waals surface area contributed by atoms with Crippen LogP contribution in [0.3, 0.4) is 0 Å². The molecule has 0 saturated heterocycles. The quantitative estimate of drug-likeness (QED) is 0.841. The normalized spacial score (nSPS) is 20.8. The molecule has 2 rings (SSSR count). The number of rotatable bonds is 3. The number of aliphatic hydroxyl groups excluding tert-OH is 1. The molecular formula is C16H23FO2. The van der Waals surface area contributed by atoms with E-state index in [-0.39, 0.29) is 5.82 Å². The van der Waals surface area contributed by atoms with Crippen LogP contribution in [-0.4, -0.2) is 17.8 Å². The summed E-state index contributed by atoms with van der Waals surface area (Å²) in [6.45, 7) is 1.90. The summed E-state index contributed by atoms with van der Waals surface area (Å²) in [6, 6.07) is 4.58. The van der Waals surface area contributed by atoms with Gasteiger partial charge in [0, 0.05) is 7.11 Å². The predicted octanol–water partition coefficient (Wildman–Crippen LogP) is 3.91. The van der Waals surface area contributed by atoms with Crippen LogP contribution in [0.1, 0.15) is 55.8 Å². The fourth-order valence-corrected chi connectivity index (χ4v) is 3.11. The zero-order valence-corrected chi connectivity index (χ0v) is 11.8. The van der Waals surface area contributed by atoms with E-state index >= 15 is 0 Å². The van der Waals surface area contributed by atoms with Crippen molar-refractivity contribution in [3.63, 3.8) is 0 Å². The van der Waals surface area contributed by atoms with Crippen molar-refractivity contribution in [2.24, 2.45) is 0 Å². The Bertz CT molecular complexity index is 423. The number of methoxy groups -OCH3 is 1. The van der Waals surface area contributed by atoms with Crippen LogP contribution >= 0.6 is 0 Å². The smallest absolute Gasteiger partial charge is 0.123 e. The second-order valence-corrected chi connectivity index (χ2v) is 5.59. The van der Waals surface area contributed by atoms with E-state index in [1.54, 1.807) is 13.2 Å². The fraction of sp³-hybridized carbons (Fsp3) is 0.625. The average Bonchev–Trinajstić information content (AvgIpc) is 2.67. The van der Waals surface area contributed by atoms with Gasteiger partial charge in [-0.15, -0.1) is 0 Å². The van der Waals surface area contributed by atoms with Crippen LogP contribution in [0.4, 0.5) is 4.39 Å². The lowest BCUT2D eigenvalue weighted by Crippen LogP contribution is -2.38. The summed E-state index contributed by atoms with van der Waals surface area (Å²) in [5.74, 6) is -0.306. The van der Waals surface area contributed by atoms with Crippen molar-refractivity contribution in [3.8, 4) is 0 Å². The van der Waals surface area contributed by atoms with Gasteiger partial charge in [-0.25, -0.2) is 4.39 Å². The second-order valence-electron chi connectivity index (χ2n) is 5.59. The topological polar surface area (TPSA) is 29.5 Å². The van der Waals surface area contributed by atoms with Crippen LogP contribution in [0.25, 0.3) is 0 Å². The van der Waals surface area contributed by atoms with Crippen molar-refractivity contribution in [2.75, 3.05) is 7.11 Å². The van der Waals surface area contributed by atoms with Gasteiger partial charge >= 0.3 is 0 Å². The molecule has 1 aromatic carbocycles. The highest BCUT2D eigenvalue weighted by atomic mass is 19.1. The summed E-state index contributed by atoms with van der Waals surface area (Å²) in [4.78, 5) is 0. The summed E-state index contributed by atoms with van der Waals surface area (Å²) in [7, 11) is 1.66. The molecule has 0 aromatic heterocycles. The monoisotopic (exact) mass is 266 g/mol. The number of aryl methyl sites for hydroxylation is 1. The van der Waals surface area contributed by atoms with E-state index in [0.29, 0.717) is 5.56 Å². The fourth-order valence-electron chi connectivity index (χ4n) is 3.11. The third-order valence-electron chi connectivity index (χ3n) is 4.39. The highest BCUT2D eigenvalue weighted by molar-refractivity contribution is 5.30. The van der Waals surface area contributed by atoms with Crippen LogP contribution in [-0.2, 0) is 4.74 Å². The van der Waals surface area contributed by atoms with E-state index < -0.39 is 11.7 Å². The number of hydrogen-bond donors (Lipinski definition) is 1. The molecule has 1 atom stereocenters. The minimum absolute atomic E-state index is 0.306. The lowest BCUT2D eigenvalue weighted by atomic mass is 9.83. The Morgan fingerprint density at radius 2 is 1.84 bits per heavy atom. The van der Waals surface area contributed by atoms with Gasteiger partial charge in [0.25, 0.3) is 0 Å². The van der Waals surface area contributed by atoms with E-state index in [2.05, 4.69) is 0 Å². The van der Waals surface area contributed by atoms with Crippen LogP contribution in [0.2, 0.25) is 0 Å². The van der Waals surface area contributed by atoms with Crippen molar-refractivity contribution in [1.82, 2.24) is 0 Å². The summed E-state index contributed by atoms with van der Waals surface area (Å²) >= 11 is 0. The maximum atomic E-state index is 13.4. The molecule has 0 amide bonds. The number of benzene rings is 1. The zero-order chi connectivity index (χ0) is 13.9. The molecule has 0 spiro atoms. The zero-order valence-electron chi connectivity index (χ0n) is 11.8. The van der Waals surface area contributed by atoms with Crippen molar-refractivity contribution < 1.29 is 14.2 Å². The molecule has 0 bridgehead atoms. The number of halogens is 1. The van der Waals surface area contributed by atoms with Gasteiger partial charge in [0.1, 0.15) is 11.9 Å². The standard InChI is InChI=1S/C16H23FO2/c1-12-7-8-13(17)11-14(12)15(18)16(19-2)9-5-3-4-6-10-16/h7-8,11,15,18H,3-6,9-10H2,1-2H3. The molecule has 19 heavy (non-hydrogen) atoms. The van der Waals surface area contributed by atoms with Crippen molar-refractivity contribution in [3.05, 3.63) is 35.1 Å². The van der Waals surface area contributed by atoms with Crippen molar-refractivity contribution in [1.29, 1.82) is 0 Å². The molecular weight excluding hydrogens is 243 g/mol. The Labute approximate surface area is 114 Å². The van der Waals surface area contributed by atoms with E-state index in [9.17, 15) is 9.50 Å². The maximum absolute atomic E-state index is 13.4. The number of aliphatic hydroxyl groups is 1. The van der Waals surface area contributed by atoms with Gasteiger partial charge in [-0.05, 0) is 43.0 Å². The van der Waals surface area contributed by atoms with Gasteiger partial charge < -0.3 is 9.84 Å². The molecule has 0 heterocycles. The Balaban J connectivity index is 2.33. The van der Waals surface area contributed by atoms with Crippen molar-refractivity contribution in [2.45, 2.75) is 57.2 Å². The first kappa shape index (κ1) is 14.5. The van der Waals surface area contributed by atoms with Gasteiger partial charge in [0.15, 0.2) is 0 Å². The average molecular weight is 266 g/mol. The Kier molecular flexibility index (Phi) is 4.58. The third kappa shape index (κ3) is 2.98. The molecule has 1 unspecified atom stereocenters. The lowest BCUT2D eigenvalue weighted by Gasteiger charge is -2.37. The van der Waals surface area contributed by atoms with Crippen LogP contribution in [0.15, 0.2) is 18.2 Å². The first-order chi connectivity index (χ1) is 9.09. The van der Waals surface area contributed by atoms with Gasteiger partial charge in [-0.1, -0.05) is 31.7 Å². The molecule has 2 nitrogen and oxygen atoms in total. The highest BCUT2D eigenvalue weighted by Gasteiger charge is 2.39. The maximum Gasteiger partial charge on any atom is 0.123 e. The minimum Gasteiger partial charge on any atom is -0.385 e. The van der Waals surface area contributed by atoms with Crippen molar-refractivity contribution >= 4 is 0 Å². The Morgan fingerprint density at radius 3 is 2.42 bits per heavy atom. The minimum atomic E-state index is -0.758. The number of hydrogen-bond acceptors (Lipinski definition) is 2. The Hall–Kier alpha value is -0.930. The van der Waals surface area contributed by atoms with Crippen LogP contribution in [0, 0.1) is 12.7 Å². The molecule has 3 heteroatoms. The van der Waals surface area contributed by atoms with Gasteiger partial charge in [0.2, 0.25) is 0 Å². The first-order valence-electron chi connectivity index (χ1n) is 7.08. The summed E-state index contributed by atoms with van der Waals surface area (Å²) < 4.78 is 19.1. The van der Waals surface area contributed by atoms with Gasteiger partial charge in [0.05, 0.1) is 5.60 Å². The molecule has 1 aliphatic carbocycles. The largest absolute Gasteiger partial charge is 0.385 e. The molecule has 0 aliphatic heterocycles. The summed E-state index contributed by atoms with van der Waals surface area (Å²) in [5.41, 5.74) is 1.01. The van der Waals surface area contributed by atoms with Crippen LogP contribution < -0.4 is 0 Å². The van der Waals surface area contributed by atoms with E-state index in [1.807, 2.05) is 6.92 Å². The molecule has 1 fully saturated rings. The SMILES string of the molecule is COC1(C(O)c2cc(F)ccc2C)CCCCCC1. The predicted molar refractivity (Wildman–Crippen MR) is 73.5 cm³/mol. The summed E-state index contributed by atoms with van der Waals surface area (Å²) in [6.07, 6.45) is 5.38. The molecule has 0 radical (unpaired) electrons. The second kappa shape index (κ2) is 6.02. The van der Waals surface area contributed by atoms with Gasteiger partial charge in [-0.2, -0.15) is 0 Å². The molecule has 1 aliphatic rings. The van der Waals surface area contributed by atoms with E-state index in [4.69, 9.17) is 4.74 Å². The van der Waals surface area contributed by atoms with E-state index in [1.165, 1.54) is 25.0 Å². The lowest BCUT2D eigenvalue weighted by molar-refractivity contribution is -0.114. The third-order valence-corrected chi connectivity index (χ3v) is 4.39. The molecule has 1 aromatic rings. The van der Waals surface area contributed by atoms with Crippen LogP contribution in [0.5, 0.6) is 0 Å².